The summed E-state index contributed by atoms with van der Waals surface area (Å²) in [6.45, 7) is 0. The zero-order chi connectivity index (χ0) is 14.1. The molecule has 0 aliphatic rings. The monoisotopic (exact) mass is 285 g/mol. The number of carboxylic acids is 1. The van der Waals surface area contributed by atoms with E-state index in [2.05, 4.69) is 0 Å². The smallest absolute Gasteiger partial charge is 0.417 e. The lowest BCUT2D eigenvalue weighted by molar-refractivity contribution is -0.201. The number of nitrogens with two attached hydrogens (primary N) is 1. The summed E-state index contributed by atoms with van der Waals surface area (Å²) in [5.41, 5.74) is 0.768. The number of aliphatic carboxylic acids is 1. The first-order valence-electron chi connectivity index (χ1n) is 4.61. The fourth-order valence-electron chi connectivity index (χ4n) is 1.28. The minimum Gasteiger partial charge on any atom is -0.480 e. The van der Waals surface area contributed by atoms with Crippen LogP contribution in [0.25, 0.3) is 0 Å². The largest absolute Gasteiger partial charge is 0.480 e. The van der Waals surface area contributed by atoms with Crippen molar-refractivity contribution in [2.24, 2.45) is 5.73 Å². The molecule has 1 atom stereocenters. The standard InChI is InChI=1S/C10H8ClF4NO2/c11-6-3-1-2-5(7(6)12)4-9(16,8(17)18)10(13,14)15/h1-3H,4,16H2,(H,17,18). The topological polar surface area (TPSA) is 63.3 Å². The summed E-state index contributed by atoms with van der Waals surface area (Å²) in [4.78, 5) is 10.7. The van der Waals surface area contributed by atoms with Crippen LogP contribution in [0.4, 0.5) is 17.6 Å². The van der Waals surface area contributed by atoms with Gasteiger partial charge in [0.25, 0.3) is 0 Å². The molecule has 3 nitrogen and oxygen atoms in total. The van der Waals surface area contributed by atoms with E-state index in [9.17, 15) is 22.4 Å². The molecule has 0 aliphatic heterocycles. The fourth-order valence-corrected chi connectivity index (χ4v) is 1.48. The zero-order valence-electron chi connectivity index (χ0n) is 8.76. The second-order valence-electron chi connectivity index (χ2n) is 3.66. The van der Waals surface area contributed by atoms with Gasteiger partial charge in [-0.15, -0.1) is 0 Å². The maximum Gasteiger partial charge on any atom is 0.417 e. The lowest BCUT2D eigenvalue weighted by atomic mass is 9.91. The maximum absolute atomic E-state index is 13.4. The van der Waals surface area contributed by atoms with Crippen LogP contribution in [0.2, 0.25) is 5.02 Å². The van der Waals surface area contributed by atoms with Crippen molar-refractivity contribution in [1.82, 2.24) is 0 Å². The molecule has 0 fully saturated rings. The number of hydrogen-bond donors (Lipinski definition) is 2. The van der Waals surface area contributed by atoms with Crippen LogP contribution < -0.4 is 5.73 Å². The van der Waals surface area contributed by atoms with Crippen LogP contribution in [-0.2, 0) is 11.2 Å². The Hall–Kier alpha value is -1.34. The Balaban J connectivity index is 3.21. The van der Waals surface area contributed by atoms with Crippen LogP contribution in [0.3, 0.4) is 0 Å². The normalized spacial score (nSPS) is 15.2. The number of hydrogen-bond acceptors (Lipinski definition) is 2. The Labute approximate surface area is 104 Å². The van der Waals surface area contributed by atoms with Crippen molar-refractivity contribution in [3.63, 3.8) is 0 Å². The van der Waals surface area contributed by atoms with Crippen LogP contribution in [0, 0.1) is 5.82 Å². The Morgan fingerprint density at radius 1 is 1.39 bits per heavy atom. The molecular formula is C10H8ClF4NO2. The van der Waals surface area contributed by atoms with Gasteiger partial charge in [0.05, 0.1) is 5.02 Å². The van der Waals surface area contributed by atoms with Crippen molar-refractivity contribution >= 4 is 17.6 Å². The van der Waals surface area contributed by atoms with E-state index in [1.807, 2.05) is 0 Å². The SMILES string of the molecule is NC(Cc1cccc(Cl)c1F)(C(=O)O)C(F)(F)F. The molecule has 0 saturated carbocycles. The van der Waals surface area contributed by atoms with E-state index >= 15 is 0 Å². The van der Waals surface area contributed by atoms with Crippen LogP contribution in [0.1, 0.15) is 5.56 Å². The van der Waals surface area contributed by atoms with Crippen molar-refractivity contribution in [1.29, 1.82) is 0 Å². The summed E-state index contributed by atoms with van der Waals surface area (Å²) in [7, 11) is 0. The molecule has 18 heavy (non-hydrogen) atoms. The lowest BCUT2D eigenvalue weighted by Gasteiger charge is -2.27. The molecular weight excluding hydrogens is 278 g/mol. The third-order valence-corrected chi connectivity index (χ3v) is 2.68. The maximum atomic E-state index is 13.4. The molecule has 1 aromatic carbocycles. The van der Waals surface area contributed by atoms with E-state index in [4.69, 9.17) is 22.4 Å². The number of rotatable bonds is 3. The highest BCUT2D eigenvalue weighted by Gasteiger charge is 2.58. The van der Waals surface area contributed by atoms with Gasteiger partial charge in [-0.25, -0.2) is 9.18 Å². The van der Waals surface area contributed by atoms with E-state index < -0.39 is 40.5 Å². The number of carboxylic acid groups (broad SMARTS) is 1. The van der Waals surface area contributed by atoms with Crippen molar-refractivity contribution in [2.45, 2.75) is 18.1 Å². The predicted molar refractivity (Wildman–Crippen MR) is 55.7 cm³/mol. The molecule has 3 N–H and O–H groups in total. The summed E-state index contributed by atoms with van der Waals surface area (Å²) in [6, 6.07) is 3.34. The van der Waals surface area contributed by atoms with E-state index in [0.29, 0.717) is 0 Å². The first kappa shape index (κ1) is 14.7. The van der Waals surface area contributed by atoms with Gasteiger partial charge in [-0.05, 0) is 11.6 Å². The Bertz CT molecular complexity index is 477. The van der Waals surface area contributed by atoms with Crippen molar-refractivity contribution in [3.8, 4) is 0 Å². The molecule has 0 spiro atoms. The zero-order valence-corrected chi connectivity index (χ0v) is 9.52. The number of halogens is 5. The van der Waals surface area contributed by atoms with Gasteiger partial charge in [-0.1, -0.05) is 23.7 Å². The van der Waals surface area contributed by atoms with Gasteiger partial charge in [0, 0.05) is 6.42 Å². The Morgan fingerprint density at radius 3 is 2.39 bits per heavy atom. The van der Waals surface area contributed by atoms with Gasteiger partial charge >= 0.3 is 12.1 Å². The molecule has 0 amide bonds. The predicted octanol–water partition coefficient (Wildman–Crippen LogP) is 2.37. The van der Waals surface area contributed by atoms with Gasteiger partial charge in [-0.2, -0.15) is 13.2 Å². The van der Waals surface area contributed by atoms with E-state index in [-0.39, 0.29) is 0 Å². The molecule has 1 aromatic rings. The summed E-state index contributed by atoms with van der Waals surface area (Å²) in [6.07, 6.45) is -6.45. The van der Waals surface area contributed by atoms with Crippen molar-refractivity contribution in [2.75, 3.05) is 0 Å². The van der Waals surface area contributed by atoms with Crippen LogP contribution in [-0.4, -0.2) is 22.8 Å². The van der Waals surface area contributed by atoms with Gasteiger partial charge in [0.2, 0.25) is 5.54 Å². The van der Waals surface area contributed by atoms with Gasteiger partial charge in [0.15, 0.2) is 0 Å². The van der Waals surface area contributed by atoms with Gasteiger partial charge in [0.1, 0.15) is 5.82 Å². The van der Waals surface area contributed by atoms with Crippen LogP contribution in [0.5, 0.6) is 0 Å². The molecule has 0 aromatic heterocycles. The molecule has 1 rings (SSSR count). The van der Waals surface area contributed by atoms with Gasteiger partial charge in [-0.3, -0.25) is 0 Å². The summed E-state index contributed by atoms with van der Waals surface area (Å²) < 4.78 is 51.3. The van der Waals surface area contributed by atoms with Crippen molar-refractivity contribution in [3.05, 3.63) is 34.6 Å². The minimum atomic E-state index is -5.21. The molecule has 0 radical (unpaired) electrons. The van der Waals surface area contributed by atoms with Crippen molar-refractivity contribution < 1.29 is 27.5 Å². The number of carbonyl (C=O) groups is 1. The average molecular weight is 286 g/mol. The molecule has 0 aliphatic carbocycles. The molecule has 100 valence electrons. The quantitative estimate of drug-likeness (QED) is 0.838. The highest BCUT2D eigenvalue weighted by molar-refractivity contribution is 6.30. The fraction of sp³-hybridized carbons (Fsp3) is 0.300. The highest BCUT2D eigenvalue weighted by Crippen LogP contribution is 2.33. The second-order valence-corrected chi connectivity index (χ2v) is 4.07. The third kappa shape index (κ3) is 2.56. The lowest BCUT2D eigenvalue weighted by Crippen LogP contribution is -2.61. The number of alkyl halides is 3. The second kappa shape index (κ2) is 4.74. The van der Waals surface area contributed by atoms with Crippen LogP contribution >= 0.6 is 11.6 Å². The first-order chi connectivity index (χ1) is 8.09. The van der Waals surface area contributed by atoms with Gasteiger partial charge < -0.3 is 10.8 Å². The average Bonchev–Trinajstić information content (AvgIpc) is 2.22. The van der Waals surface area contributed by atoms with E-state index in [1.165, 1.54) is 6.07 Å². The van der Waals surface area contributed by atoms with Crippen LogP contribution in [0.15, 0.2) is 18.2 Å². The molecule has 0 saturated heterocycles. The first-order valence-corrected chi connectivity index (χ1v) is 4.99. The summed E-state index contributed by atoms with van der Waals surface area (Å²) in [5.74, 6) is -3.39. The summed E-state index contributed by atoms with van der Waals surface area (Å²) in [5, 5.41) is 8.19. The summed E-state index contributed by atoms with van der Waals surface area (Å²) >= 11 is 5.39. The highest BCUT2D eigenvalue weighted by atomic mass is 35.5. The minimum absolute atomic E-state index is 0.401. The third-order valence-electron chi connectivity index (χ3n) is 2.39. The molecule has 0 heterocycles. The molecule has 8 heteroatoms. The molecule has 0 bridgehead atoms. The number of benzene rings is 1. The van der Waals surface area contributed by atoms with E-state index in [1.54, 1.807) is 0 Å². The van der Waals surface area contributed by atoms with E-state index in [0.717, 1.165) is 12.1 Å². The Morgan fingerprint density at radius 2 is 1.94 bits per heavy atom. The molecule has 1 unspecified atom stereocenters. The Kier molecular flexibility index (Phi) is 3.87.